The van der Waals surface area contributed by atoms with Gasteiger partial charge in [-0.15, -0.1) is 0 Å². The first-order chi connectivity index (χ1) is 17.3. The van der Waals surface area contributed by atoms with Gasteiger partial charge < -0.3 is 19.9 Å². The van der Waals surface area contributed by atoms with Gasteiger partial charge in [-0.05, 0) is 32.0 Å². The number of carbonyl (C=O) groups excluding carboxylic acids is 1. The maximum absolute atomic E-state index is 14.7. The fourth-order valence-corrected chi connectivity index (χ4v) is 4.90. The molecule has 1 N–H and O–H groups in total. The second kappa shape index (κ2) is 9.93. The third-order valence-corrected chi connectivity index (χ3v) is 7.01. The lowest BCUT2D eigenvalue weighted by atomic mass is 10.0. The van der Waals surface area contributed by atoms with Gasteiger partial charge in [-0.1, -0.05) is 18.2 Å². The number of hydrogen-bond donors (Lipinski definition) is 1. The van der Waals surface area contributed by atoms with Crippen LogP contribution in [-0.4, -0.2) is 59.9 Å². The van der Waals surface area contributed by atoms with Crippen LogP contribution in [0.25, 0.3) is 10.9 Å². The molecule has 0 bridgehead atoms. The van der Waals surface area contributed by atoms with Crippen LogP contribution in [0.4, 0.5) is 24.5 Å². The Labute approximate surface area is 207 Å². The lowest BCUT2D eigenvalue weighted by Gasteiger charge is -2.43. The van der Waals surface area contributed by atoms with Gasteiger partial charge in [-0.25, -0.2) is 13.2 Å². The maximum atomic E-state index is 14.7. The van der Waals surface area contributed by atoms with Gasteiger partial charge in [0.15, 0.2) is 0 Å². The van der Waals surface area contributed by atoms with Crippen molar-refractivity contribution in [2.75, 3.05) is 43.1 Å². The molecule has 2 saturated heterocycles. The van der Waals surface area contributed by atoms with Crippen molar-refractivity contribution in [2.24, 2.45) is 5.92 Å². The molecule has 0 radical (unpaired) electrons. The van der Waals surface area contributed by atoms with Crippen molar-refractivity contribution >= 4 is 28.2 Å². The highest BCUT2D eigenvalue weighted by Gasteiger charge is 2.34. The zero-order valence-electron chi connectivity index (χ0n) is 20.1. The van der Waals surface area contributed by atoms with Crippen molar-refractivity contribution in [3.63, 3.8) is 0 Å². The van der Waals surface area contributed by atoms with Crippen LogP contribution < -0.4 is 10.2 Å². The standard InChI is InChI=1S/C26H28F3N5O2/c1-15-12-33(26(35)17-13-36-14-17)8-9-34(15)18-6-7-22-21(10-18)23(11-30-32-22)31-16(2)19-4-3-5-20(24(19)27)25(28)29/h3-7,10-11,15-17,25H,8-9,12-14H2,1-2H3,(H,31,32)/t15-,16-/m1/s1. The van der Waals surface area contributed by atoms with Gasteiger partial charge in [0, 0.05) is 42.3 Å². The Hall–Kier alpha value is -3.40. The van der Waals surface area contributed by atoms with Gasteiger partial charge in [-0.2, -0.15) is 10.2 Å². The Morgan fingerprint density at radius 2 is 1.94 bits per heavy atom. The van der Waals surface area contributed by atoms with Crippen LogP contribution in [0.3, 0.4) is 0 Å². The summed E-state index contributed by atoms with van der Waals surface area (Å²) in [5.41, 5.74) is 1.80. The van der Waals surface area contributed by atoms with E-state index in [1.807, 2.05) is 23.1 Å². The molecule has 1 aromatic heterocycles. The Balaban J connectivity index is 1.37. The first-order valence-corrected chi connectivity index (χ1v) is 12.0. The number of nitrogens with one attached hydrogen (secondary N) is 1. The second-order valence-electron chi connectivity index (χ2n) is 9.44. The highest BCUT2D eigenvalue weighted by atomic mass is 19.3. The summed E-state index contributed by atoms with van der Waals surface area (Å²) in [7, 11) is 0. The highest BCUT2D eigenvalue weighted by Crippen LogP contribution is 2.33. The van der Waals surface area contributed by atoms with E-state index in [1.165, 1.54) is 12.1 Å². The number of piperazine rings is 1. The lowest BCUT2D eigenvalue weighted by molar-refractivity contribution is -0.150. The number of rotatable bonds is 6. The van der Waals surface area contributed by atoms with Crippen LogP contribution in [0.5, 0.6) is 0 Å². The predicted molar refractivity (Wildman–Crippen MR) is 131 cm³/mol. The van der Waals surface area contributed by atoms with Gasteiger partial charge in [0.2, 0.25) is 5.91 Å². The van der Waals surface area contributed by atoms with E-state index >= 15 is 0 Å². The van der Waals surface area contributed by atoms with E-state index in [0.717, 1.165) is 17.1 Å². The number of nitrogens with zero attached hydrogens (tertiary/aromatic N) is 4. The summed E-state index contributed by atoms with van der Waals surface area (Å²) < 4.78 is 46.2. The molecule has 0 saturated carbocycles. The number of ether oxygens (including phenoxy) is 1. The van der Waals surface area contributed by atoms with Crippen LogP contribution >= 0.6 is 0 Å². The molecular formula is C26H28F3N5O2. The molecule has 2 aromatic carbocycles. The Kier molecular flexibility index (Phi) is 6.70. The number of hydrogen-bond acceptors (Lipinski definition) is 6. The Morgan fingerprint density at radius 1 is 1.17 bits per heavy atom. The molecule has 2 atom stereocenters. The number of alkyl halides is 2. The number of aromatic nitrogens is 2. The van der Waals surface area contributed by atoms with E-state index in [-0.39, 0.29) is 23.4 Å². The SMILES string of the molecule is C[C@@H]1CN(C(=O)C2COC2)CCN1c1ccc2nncc(N[C@H](C)c3cccc(C(F)F)c3F)c2c1. The fraction of sp³-hybridized carbons (Fsp3) is 0.423. The number of benzene rings is 2. The Bertz CT molecular complexity index is 1270. The molecule has 1 amide bonds. The smallest absolute Gasteiger partial charge is 0.266 e. The van der Waals surface area contributed by atoms with Gasteiger partial charge in [0.05, 0.1) is 48.1 Å². The largest absolute Gasteiger partial charge is 0.380 e. The van der Waals surface area contributed by atoms with Crippen molar-refractivity contribution < 1.29 is 22.7 Å². The van der Waals surface area contributed by atoms with Crippen molar-refractivity contribution in [1.82, 2.24) is 15.1 Å². The number of fused-ring (bicyclic) bond motifs is 1. The molecule has 0 unspecified atom stereocenters. The minimum atomic E-state index is -2.89. The molecule has 5 rings (SSSR count). The van der Waals surface area contributed by atoms with Gasteiger partial charge in [-0.3, -0.25) is 4.79 Å². The van der Waals surface area contributed by atoms with Crippen LogP contribution in [0.1, 0.15) is 37.4 Å². The lowest BCUT2D eigenvalue weighted by Crippen LogP contribution is -2.56. The summed E-state index contributed by atoms with van der Waals surface area (Å²) in [4.78, 5) is 16.8. The molecule has 3 aromatic rings. The molecule has 2 aliphatic rings. The molecule has 2 aliphatic heterocycles. The van der Waals surface area contributed by atoms with E-state index in [9.17, 15) is 18.0 Å². The van der Waals surface area contributed by atoms with Crippen molar-refractivity contribution in [3.8, 4) is 0 Å². The Morgan fingerprint density at radius 3 is 2.64 bits per heavy atom. The number of halogens is 3. The van der Waals surface area contributed by atoms with Crippen molar-refractivity contribution in [1.29, 1.82) is 0 Å². The predicted octanol–water partition coefficient (Wildman–Crippen LogP) is 4.56. The topological polar surface area (TPSA) is 70.6 Å². The van der Waals surface area contributed by atoms with Crippen LogP contribution in [-0.2, 0) is 9.53 Å². The molecule has 7 nitrogen and oxygen atoms in total. The van der Waals surface area contributed by atoms with Crippen molar-refractivity contribution in [2.45, 2.75) is 32.4 Å². The number of anilines is 2. The second-order valence-corrected chi connectivity index (χ2v) is 9.44. The summed E-state index contributed by atoms with van der Waals surface area (Å²) in [5.74, 6) is -0.774. The van der Waals surface area contributed by atoms with E-state index in [4.69, 9.17) is 4.74 Å². The molecular weight excluding hydrogens is 471 g/mol. The zero-order chi connectivity index (χ0) is 25.4. The van der Waals surface area contributed by atoms with Crippen molar-refractivity contribution in [3.05, 3.63) is 59.5 Å². The van der Waals surface area contributed by atoms with Crippen LogP contribution in [0, 0.1) is 11.7 Å². The average molecular weight is 500 g/mol. The molecule has 10 heteroatoms. The first kappa shape index (κ1) is 24.3. The van der Waals surface area contributed by atoms with Gasteiger partial charge in [0.25, 0.3) is 6.43 Å². The first-order valence-electron chi connectivity index (χ1n) is 12.0. The summed E-state index contributed by atoms with van der Waals surface area (Å²) in [6.45, 7) is 6.77. The quantitative estimate of drug-likeness (QED) is 0.536. The third kappa shape index (κ3) is 4.57. The maximum Gasteiger partial charge on any atom is 0.266 e. The number of carbonyl (C=O) groups is 1. The van der Waals surface area contributed by atoms with Crippen LogP contribution in [0.2, 0.25) is 0 Å². The van der Waals surface area contributed by atoms with E-state index in [0.29, 0.717) is 44.1 Å². The van der Waals surface area contributed by atoms with Gasteiger partial charge in [0.1, 0.15) is 5.82 Å². The molecule has 36 heavy (non-hydrogen) atoms. The molecule has 190 valence electrons. The summed E-state index contributed by atoms with van der Waals surface area (Å²) in [6.07, 6.45) is -1.33. The summed E-state index contributed by atoms with van der Waals surface area (Å²) in [6, 6.07) is 9.41. The molecule has 3 heterocycles. The minimum Gasteiger partial charge on any atom is -0.380 e. The molecule has 0 aliphatic carbocycles. The van der Waals surface area contributed by atoms with Gasteiger partial charge >= 0.3 is 0 Å². The monoisotopic (exact) mass is 499 g/mol. The van der Waals surface area contributed by atoms with Crippen LogP contribution in [0.15, 0.2) is 42.6 Å². The zero-order valence-corrected chi connectivity index (χ0v) is 20.1. The minimum absolute atomic E-state index is 0.0233. The summed E-state index contributed by atoms with van der Waals surface area (Å²) in [5, 5.41) is 12.3. The third-order valence-electron chi connectivity index (χ3n) is 7.01. The van der Waals surface area contributed by atoms with E-state index in [2.05, 4.69) is 27.3 Å². The molecule has 0 spiro atoms. The fourth-order valence-electron chi connectivity index (χ4n) is 4.90. The number of amides is 1. The van der Waals surface area contributed by atoms with E-state index in [1.54, 1.807) is 13.1 Å². The summed E-state index contributed by atoms with van der Waals surface area (Å²) >= 11 is 0. The van der Waals surface area contributed by atoms with E-state index < -0.39 is 23.8 Å². The molecule has 2 fully saturated rings. The normalized spacial score (nSPS) is 19.4. The highest BCUT2D eigenvalue weighted by molar-refractivity contribution is 5.93. The average Bonchev–Trinajstić information content (AvgIpc) is 2.82.